The molecule has 146 valence electrons. The summed E-state index contributed by atoms with van der Waals surface area (Å²) in [5, 5.41) is 4.61. The third-order valence-corrected chi connectivity index (χ3v) is 5.26. The molecule has 0 aliphatic carbocycles. The van der Waals surface area contributed by atoms with Gasteiger partial charge in [-0.1, -0.05) is 35.3 Å². The van der Waals surface area contributed by atoms with Gasteiger partial charge in [0.2, 0.25) is 0 Å². The summed E-state index contributed by atoms with van der Waals surface area (Å²) in [6, 6.07) is 19.3. The number of rotatable bonds is 8. The maximum absolute atomic E-state index is 6.20. The smallest absolute Gasteiger partial charge is 0.134 e. The van der Waals surface area contributed by atoms with Crippen LogP contribution in [0.2, 0.25) is 10.0 Å². The van der Waals surface area contributed by atoms with Crippen LogP contribution in [-0.4, -0.2) is 6.61 Å². The number of benzene rings is 3. The molecule has 0 amide bonds. The average molecular weight is 481 g/mol. The highest BCUT2D eigenvalue weighted by atomic mass is 79.9. The summed E-state index contributed by atoms with van der Waals surface area (Å²) in [6.45, 7) is 3.72. The molecular weight excluding hydrogens is 461 g/mol. The Hall–Kier alpha value is -1.88. The molecule has 0 saturated heterocycles. The van der Waals surface area contributed by atoms with E-state index in [0.717, 1.165) is 32.8 Å². The summed E-state index contributed by atoms with van der Waals surface area (Å²) in [5.74, 6) is 1.63. The van der Waals surface area contributed by atoms with Gasteiger partial charge in [0.05, 0.1) is 11.1 Å². The minimum atomic E-state index is 0.373. The third-order valence-electron chi connectivity index (χ3n) is 4.06. The average Bonchev–Trinajstić information content (AvgIpc) is 2.68. The zero-order chi connectivity index (χ0) is 19.9. The van der Waals surface area contributed by atoms with Gasteiger partial charge in [0.25, 0.3) is 0 Å². The minimum Gasteiger partial charge on any atom is -0.494 e. The molecule has 3 rings (SSSR count). The van der Waals surface area contributed by atoms with E-state index in [1.54, 1.807) is 12.1 Å². The molecule has 0 radical (unpaired) electrons. The Kier molecular flexibility index (Phi) is 7.49. The third kappa shape index (κ3) is 5.81. The topological polar surface area (TPSA) is 30.5 Å². The van der Waals surface area contributed by atoms with Gasteiger partial charge in [-0.15, -0.1) is 0 Å². The van der Waals surface area contributed by atoms with Crippen LogP contribution in [0.3, 0.4) is 0 Å². The summed E-state index contributed by atoms with van der Waals surface area (Å²) >= 11 is 15.7. The van der Waals surface area contributed by atoms with Crippen LogP contribution in [0.15, 0.2) is 65.1 Å². The molecule has 3 aromatic carbocycles. The van der Waals surface area contributed by atoms with Crippen LogP contribution in [0.1, 0.15) is 18.1 Å². The molecule has 3 aromatic rings. The van der Waals surface area contributed by atoms with Gasteiger partial charge in [0, 0.05) is 27.8 Å². The van der Waals surface area contributed by atoms with Crippen LogP contribution < -0.4 is 14.8 Å². The van der Waals surface area contributed by atoms with E-state index >= 15 is 0 Å². The molecule has 0 aliphatic heterocycles. The van der Waals surface area contributed by atoms with E-state index < -0.39 is 0 Å². The second-order valence-electron chi connectivity index (χ2n) is 6.10. The van der Waals surface area contributed by atoms with Gasteiger partial charge in [-0.3, -0.25) is 0 Å². The van der Waals surface area contributed by atoms with Crippen molar-refractivity contribution in [3.8, 4) is 11.5 Å². The standard InChI is InChI=1S/C22H20BrCl2NO2/c1-2-27-19-8-6-18(7-9-19)26-13-15-3-10-22(20(23)11-15)28-14-16-4-5-17(24)12-21(16)25/h3-12,26H,2,13-14H2,1H3. The Morgan fingerprint density at radius 3 is 2.39 bits per heavy atom. The van der Waals surface area contributed by atoms with Gasteiger partial charge < -0.3 is 14.8 Å². The van der Waals surface area contributed by atoms with Gasteiger partial charge >= 0.3 is 0 Å². The lowest BCUT2D eigenvalue weighted by atomic mass is 10.2. The fourth-order valence-corrected chi connectivity index (χ4v) is 3.61. The molecule has 28 heavy (non-hydrogen) atoms. The predicted molar refractivity (Wildman–Crippen MR) is 120 cm³/mol. The summed E-state index contributed by atoms with van der Waals surface area (Å²) in [5.41, 5.74) is 3.06. The highest BCUT2D eigenvalue weighted by Gasteiger charge is 2.06. The van der Waals surface area contributed by atoms with E-state index in [4.69, 9.17) is 32.7 Å². The first-order valence-electron chi connectivity index (χ1n) is 8.87. The summed E-state index contributed by atoms with van der Waals surface area (Å²) < 4.78 is 12.2. The van der Waals surface area contributed by atoms with Gasteiger partial charge in [0.15, 0.2) is 0 Å². The molecular formula is C22H20BrCl2NO2. The van der Waals surface area contributed by atoms with Crippen LogP contribution in [0.25, 0.3) is 0 Å². The molecule has 6 heteroatoms. The normalized spacial score (nSPS) is 10.6. The monoisotopic (exact) mass is 479 g/mol. The first-order valence-corrected chi connectivity index (χ1v) is 10.4. The largest absolute Gasteiger partial charge is 0.494 e. The second kappa shape index (κ2) is 10.1. The minimum absolute atomic E-state index is 0.373. The number of halogens is 3. The highest BCUT2D eigenvalue weighted by Crippen LogP contribution is 2.29. The highest BCUT2D eigenvalue weighted by molar-refractivity contribution is 9.10. The fourth-order valence-electron chi connectivity index (χ4n) is 2.61. The van der Waals surface area contributed by atoms with Crippen LogP contribution in [0.4, 0.5) is 5.69 Å². The van der Waals surface area contributed by atoms with Crippen molar-refractivity contribution in [3.05, 3.63) is 86.3 Å². The van der Waals surface area contributed by atoms with E-state index in [1.807, 2.05) is 55.5 Å². The summed E-state index contributed by atoms with van der Waals surface area (Å²) in [4.78, 5) is 0. The van der Waals surface area contributed by atoms with Gasteiger partial charge in [-0.05, 0) is 76.9 Å². The van der Waals surface area contributed by atoms with Crippen molar-refractivity contribution < 1.29 is 9.47 Å². The molecule has 0 bridgehead atoms. The van der Waals surface area contributed by atoms with Crippen molar-refractivity contribution >= 4 is 44.8 Å². The van der Waals surface area contributed by atoms with E-state index in [2.05, 4.69) is 21.2 Å². The first kappa shape index (κ1) is 20.8. The van der Waals surface area contributed by atoms with Crippen LogP contribution in [0.5, 0.6) is 11.5 Å². The van der Waals surface area contributed by atoms with E-state index in [-0.39, 0.29) is 0 Å². The van der Waals surface area contributed by atoms with Crippen molar-refractivity contribution in [3.63, 3.8) is 0 Å². The SMILES string of the molecule is CCOc1ccc(NCc2ccc(OCc3ccc(Cl)cc3Cl)c(Br)c2)cc1. The van der Waals surface area contributed by atoms with Gasteiger partial charge in [0.1, 0.15) is 18.1 Å². The van der Waals surface area contributed by atoms with E-state index in [9.17, 15) is 0 Å². The van der Waals surface area contributed by atoms with E-state index in [1.165, 1.54) is 0 Å². The first-order chi connectivity index (χ1) is 13.5. The molecule has 0 spiro atoms. The summed E-state index contributed by atoms with van der Waals surface area (Å²) in [6.07, 6.45) is 0. The number of nitrogens with one attached hydrogen (secondary N) is 1. The quantitative estimate of drug-likeness (QED) is 0.365. The molecule has 3 nitrogen and oxygen atoms in total. The Labute approximate surface area is 183 Å². The van der Waals surface area contributed by atoms with Crippen LogP contribution in [0, 0.1) is 0 Å². The van der Waals surface area contributed by atoms with Crippen molar-refractivity contribution in [1.29, 1.82) is 0 Å². The van der Waals surface area contributed by atoms with Crippen molar-refractivity contribution in [2.24, 2.45) is 0 Å². The fraction of sp³-hybridized carbons (Fsp3) is 0.182. The van der Waals surface area contributed by atoms with Gasteiger partial charge in [-0.2, -0.15) is 0 Å². The molecule has 0 unspecified atom stereocenters. The number of hydrogen-bond donors (Lipinski definition) is 1. The van der Waals surface area contributed by atoms with Crippen LogP contribution >= 0.6 is 39.1 Å². The summed E-state index contributed by atoms with van der Waals surface area (Å²) in [7, 11) is 0. The number of ether oxygens (including phenoxy) is 2. The molecule has 0 aromatic heterocycles. The predicted octanol–water partition coefficient (Wildman–Crippen LogP) is 7.35. The molecule has 1 N–H and O–H groups in total. The Morgan fingerprint density at radius 2 is 1.71 bits per heavy atom. The number of anilines is 1. The van der Waals surface area contributed by atoms with Gasteiger partial charge in [-0.25, -0.2) is 0 Å². The van der Waals surface area contributed by atoms with Crippen LogP contribution in [-0.2, 0) is 13.2 Å². The molecule has 0 saturated carbocycles. The lowest BCUT2D eigenvalue weighted by Gasteiger charge is -2.12. The van der Waals surface area contributed by atoms with Crippen molar-refractivity contribution in [1.82, 2.24) is 0 Å². The second-order valence-corrected chi connectivity index (χ2v) is 7.80. The maximum atomic E-state index is 6.20. The zero-order valence-corrected chi connectivity index (χ0v) is 18.4. The molecule has 0 atom stereocenters. The Bertz CT molecular complexity index is 932. The zero-order valence-electron chi connectivity index (χ0n) is 15.3. The Balaban J connectivity index is 1.57. The maximum Gasteiger partial charge on any atom is 0.134 e. The lowest BCUT2D eigenvalue weighted by Crippen LogP contribution is -2.01. The molecule has 0 aliphatic rings. The van der Waals surface area contributed by atoms with Crippen molar-refractivity contribution in [2.45, 2.75) is 20.1 Å². The Morgan fingerprint density at radius 1 is 0.929 bits per heavy atom. The molecule has 0 heterocycles. The van der Waals surface area contributed by atoms with Crippen molar-refractivity contribution in [2.75, 3.05) is 11.9 Å². The van der Waals surface area contributed by atoms with E-state index in [0.29, 0.717) is 29.8 Å². The number of hydrogen-bond acceptors (Lipinski definition) is 3. The molecule has 0 fully saturated rings. The lowest BCUT2D eigenvalue weighted by molar-refractivity contribution is 0.304.